The fourth-order valence-corrected chi connectivity index (χ4v) is 2.09. The Kier molecular flexibility index (Phi) is 7.83. The molecular weight excluding hydrogens is 264 g/mol. The second-order valence-electron chi connectivity index (χ2n) is 5.42. The molecule has 1 amide bonds. The van der Waals surface area contributed by atoms with Crippen molar-refractivity contribution in [2.24, 2.45) is 5.73 Å². The Morgan fingerprint density at radius 3 is 2.48 bits per heavy atom. The average molecular weight is 292 g/mol. The minimum atomic E-state index is -0.320. The lowest BCUT2D eigenvalue weighted by Gasteiger charge is -2.15. The number of carbonyl (C=O) groups excluding carboxylic acids is 1. The van der Waals surface area contributed by atoms with E-state index in [4.69, 9.17) is 10.5 Å². The Bertz CT molecular complexity index is 417. The molecule has 0 heterocycles. The quantitative estimate of drug-likeness (QED) is 0.697. The summed E-state index contributed by atoms with van der Waals surface area (Å²) >= 11 is 0. The van der Waals surface area contributed by atoms with Gasteiger partial charge in [-0.1, -0.05) is 32.9 Å². The van der Waals surface area contributed by atoms with Crippen LogP contribution in [-0.4, -0.2) is 25.1 Å². The van der Waals surface area contributed by atoms with Crippen LogP contribution in [0.15, 0.2) is 24.3 Å². The van der Waals surface area contributed by atoms with E-state index in [9.17, 15) is 4.79 Å². The Hall–Kier alpha value is -1.55. The van der Waals surface area contributed by atoms with E-state index >= 15 is 0 Å². The Morgan fingerprint density at radius 2 is 1.95 bits per heavy atom. The summed E-state index contributed by atoms with van der Waals surface area (Å²) in [4.78, 5) is 11.3. The zero-order valence-electron chi connectivity index (χ0n) is 13.4. The predicted molar refractivity (Wildman–Crippen MR) is 86.5 cm³/mol. The smallest absolute Gasteiger partial charge is 0.234 e. The van der Waals surface area contributed by atoms with Crippen molar-refractivity contribution in [1.29, 1.82) is 0 Å². The first-order valence-electron chi connectivity index (χ1n) is 7.83. The van der Waals surface area contributed by atoms with Crippen LogP contribution < -0.4 is 15.8 Å². The highest BCUT2D eigenvalue weighted by atomic mass is 16.5. The van der Waals surface area contributed by atoms with Gasteiger partial charge in [0.2, 0.25) is 5.91 Å². The van der Waals surface area contributed by atoms with Gasteiger partial charge in [0.15, 0.2) is 0 Å². The van der Waals surface area contributed by atoms with Gasteiger partial charge >= 0.3 is 0 Å². The molecule has 21 heavy (non-hydrogen) atoms. The van der Waals surface area contributed by atoms with Gasteiger partial charge in [0.1, 0.15) is 5.75 Å². The third-order valence-electron chi connectivity index (χ3n) is 3.72. The molecule has 0 spiro atoms. The Labute approximate surface area is 128 Å². The first kappa shape index (κ1) is 17.5. The summed E-state index contributed by atoms with van der Waals surface area (Å²) in [6.45, 7) is 7.72. The first-order chi connectivity index (χ1) is 10.1. The summed E-state index contributed by atoms with van der Waals surface area (Å²) in [6, 6.07) is 7.86. The van der Waals surface area contributed by atoms with Crippen molar-refractivity contribution < 1.29 is 9.53 Å². The van der Waals surface area contributed by atoms with Crippen LogP contribution in [0, 0.1) is 0 Å². The molecule has 2 unspecified atom stereocenters. The summed E-state index contributed by atoms with van der Waals surface area (Å²) in [5.74, 6) is 1.08. The lowest BCUT2D eigenvalue weighted by Crippen LogP contribution is -2.42. The maximum Gasteiger partial charge on any atom is 0.234 e. The molecule has 0 aliphatic heterocycles. The predicted octanol–water partition coefficient (Wildman–Crippen LogP) is 2.82. The molecule has 1 rings (SSSR count). The van der Waals surface area contributed by atoms with Crippen LogP contribution in [0.1, 0.15) is 51.5 Å². The molecule has 2 atom stereocenters. The SMILES string of the molecule is CCCNC(CCOc1ccc(C(C)CC)cc1)C(N)=O. The summed E-state index contributed by atoms with van der Waals surface area (Å²) in [5, 5.41) is 3.13. The van der Waals surface area contributed by atoms with Gasteiger partial charge in [0.05, 0.1) is 12.6 Å². The zero-order chi connectivity index (χ0) is 15.7. The molecule has 4 nitrogen and oxygen atoms in total. The minimum absolute atomic E-state index is 0.315. The lowest BCUT2D eigenvalue weighted by molar-refractivity contribution is -0.120. The van der Waals surface area contributed by atoms with Crippen LogP contribution in [0.5, 0.6) is 5.75 Å². The zero-order valence-corrected chi connectivity index (χ0v) is 13.4. The minimum Gasteiger partial charge on any atom is -0.494 e. The number of nitrogens with two attached hydrogens (primary N) is 1. The Morgan fingerprint density at radius 1 is 1.29 bits per heavy atom. The lowest BCUT2D eigenvalue weighted by atomic mass is 9.99. The van der Waals surface area contributed by atoms with Crippen molar-refractivity contribution in [3.05, 3.63) is 29.8 Å². The van der Waals surface area contributed by atoms with Gasteiger partial charge in [0, 0.05) is 6.42 Å². The number of ether oxygens (including phenoxy) is 1. The van der Waals surface area contributed by atoms with Crippen LogP contribution in [0.25, 0.3) is 0 Å². The number of hydrogen-bond donors (Lipinski definition) is 2. The molecule has 0 saturated carbocycles. The van der Waals surface area contributed by atoms with Gasteiger partial charge < -0.3 is 15.8 Å². The largest absolute Gasteiger partial charge is 0.494 e. The average Bonchev–Trinajstić information content (AvgIpc) is 2.50. The van der Waals surface area contributed by atoms with Gasteiger partial charge in [-0.15, -0.1) is 0 Å². The van der Waals surface area contributed by atoms with E-state index in [0.29, 0.717) is 18.9 Å². The molecule has 0 aliphatic rings. The molecule has 1 aromatic rings. The number of rotatable bonds is 10. The van der Waals surface area contributed by atoms with Crippen molar-refractivity contribution in [2.45, 2.75) is 52.0 Å². The van der Waals surface area contributed by atoms with Crippen molar-refractivity contribution in [2.75, 3.05) is 13.2 Å². The van der Waals surface area contributed by atoms with E-state index < -0.39 is 0 Å². The third kappa shape index (κ3) is 6.17. The molecular formula is C17H28N2O2. The van der Waals surface area contributed by atoms with Gasteiger partial charge in [-0.05, 0) is 43.0 Å². The van der Waals surface area contributed by atoms with Crippen LogP contribution in [0.3, 0.4) is 0 Å². The van der Waals surface area contributed by atoms with Crippen molar-refractivity contribution in [3.63, 3.8) is 0 Å². The highest BCUT2D eigenvalue weighted by molar-refractivity contribution is 5.79. The summed E-state index contributed by atoms with van der Waals surface area (Å²) < 4.78 is 5.69. The van der Waals surface area contributed by atoms with E-state index in [0.717, 1.165) is 25.1 Å². The monoisotopic (exact) mass is 292 g/mol. The molecule has 118 valence electrons. The number of primary amides is 1. The maximum atomic E-state index is 11.3. The van der Waals surface area contributed by atoms with Crippen molar-refractivity contribution >= 4 is 5.91 Å². The number of hydrogen-bond acceptors (Lipinski definition) is 3. The van der Waals surface area contributed by atoms with Crippen LogP contribution in [-0.2, 0) is 4.79 Å². The van der Waals surface area contributed by atoms with E-state index in [-0.39, 0.29) is 11.9 Å². The normalized spacial score (nSPS) is 13.7. The van der Waals surface area contributed by atoms with Crippen molar-refractivity contribution in [3.8, 4) is 5.75 Å². The van der Waals surface area contributed by atoms with E-state index in [1.807, 2.05) is 12.1 Å². The van der Waals surface area contributed by atoms with E-state index in [1.165, 1.54) is 5.56 Å². The molecule has 4 heteroatoms. The third-order valence-corrected chi connectivity index (χ3v) is 3.72. The van der Waals surface area contributed by atoms with Gasteiger partial charge in [-0.25, -0.2) is 0 Å². The van der Waals surface area contributed by atoms with Gasteiger partial charge in [-0.2, -0.15) is 0 Å². The number of nitrogens with one attached hydrogen (secondary N) is 1. The van der Waals surface area contributed by atoms with E-state index in [1.54, 1.807) is 0 Å². The van der Waals surface area contributed by atoms with Gasteiger partial charge in [-0.3, -0.25) is 4.79 Å². The summed E-state index contributed by atoms with van der Waals surface area (Å²) in [5.41, 5.74) is 6.69. The number of amides is 1. The summed E-state index contributed by atoms with van der Waals surface area (Å²) in [7, 11) is 0. The Balaban J connectivity index is 2.42. The second-order valence-corrected chi connectivity index (χ2v) is 5.42. The second kappa shape index (κ2) is 9.40. The fourth-order valence-electron chi connectivity index (χ4n) is 2.09. The van der Waals surface area contributed by atoms with Crippen LogP contribution in [0.2, 0.25) is 0 Å². The molecule has 0 radical (unpaired) electrons. The topological polar surface area (TPSA) is 64.3 Å². The highest BCUT2D eigenvalue weighted by Crippen LogP contribution is 2.21. The fraction of sp³-hybridized carbons (Fsp3) is 0.588. The molecule has 0 bridgehead atoms. The van der Waals surface area contributed by atoms with Gasteiger partial charge in [0.25, 0.3) is 0 Å². The number of benzene rings is 1. The molecule has 3 N–H and O–H groups in total. The first-order valence-corrected chi connectivity index (χ1v) is 7.83. The molecule has 1 aromatic carbocycles. The summed E-state index contributed by atoms with van der Waals surface area (Å²) in [6.07, 6.45) is 2.69. The molecule has 0 fully saturated rings. The van der Waals surface area contributed by atoms with Crippen molar-refractivity contribution in [1.82, 2.24) is 5.32 Å². The number of carbonyl (C=O) groups is 1. The van der Waals surface area contributed by atoms with Crippen LogP contribution >= 0.6 is 0 Å². The molecule has 0 saturated heterocycles. The maximum absolute atomic E-state index is 11.3. The van der Waals surface area contributed by atoms with E-state index in [2.05, 4.69) is 38.2 Å². The molecule has 0 aliphatic carbocycles. The van der Waals surface area contributed by atoms with Crippen LogP contribution in [0.4, 0.5) is 0 Å². The standard InChI is InChI=1S/C17H28N2O2/c1-4-11-19-16(17(18)20)10-12-21-15-8-6-14(7-9-15)13(3)5-2/h6-9,13,16,19H,4-5,10-12H2,1-3H3,(H2,18,20). The highest BCUT2D eigenvalue weighted by Gasteiger charge is 2.13. The molecule has 0 aromatic heterocycles.